The minimum absolute atomic E-state index is 0.00393. The lowest BCUT2D eigenvalue weighted by Gasteiger charge is -2.22. The minimum Gasteiger partial charge on any atom is -0.484 e. The third-order valence-electron chi connectivity index (χ3n) is 3.37. The minimum atomic E-state index is -0.533. The third-order valence-corrected chi connectivity index (χ3v) is 3.37. The van der Waals surface area contributed by atoms with Gasteiger partial charge in [0.2, 0.25) is 5.91 Å². The summed E-state index contributed by atoms with van der Waals surface area (Å²) in [5, 5.41) is 6.15. The van der Waals surface area contributed by atoms with E-state index in [0.717, 1.165) is 25.9 Å². The van der Waals surface area contributed by atoms with Crippen LogP contribution in [-0.2, 0) is 9.59 Å². The number of amides is 2. The maximum absolute atomic E-state index is 12.0. The zero-order valence-corrected chi connectivity index (χ0v) is 11.9. The highest BCUT2D eigenvalue weighted by Crippen LogP contribution is 2.19. The number of nitrogens with one attached hydrogen (secondary N) is 2. The van der Waals surface area contributed by atoms with Gasteiger partial charge in [-0.2, -0.15) is 0 Å². The number of hydrogen-bond acceptors (Lipinski definition) is 4. The van der Waals surface area contributed by atoms with Gasteiger partial charge in [-0.05, 0) is 44.0 Å². The molecule has 1 aromatic rings. The van der Waals surface area contributed by atoms with Gasteiger partial charge in [0.25, 0.3) is 5.91 Å². The number of benzene rings is 1. The van der Waals surface area contributed by atoms with E-state index in [1.807, 2.05) is 0 Å². The number of carbonyl (C=O) groups excluding carboxylic acids is 2. The SMILES string of the molecule is NC(=O)COc1cccc(NC(=O)CC2CCCNC2)c1. The van der Waals surface area contributed by atoms with Crippen molar-refractivity contribution in [3.05, 3.63) is 24.3 Å². The molecule has 114 valence electrons. The highest BCUT2D eigenvalue weighted by Gasteiger charge is 2.16. The summed E-state index contributed by atoms with van der Waals surface area (Å²) in [7, 11) is 0. The lowest BCUT2D eigenvalue weighted by Crippen LogP contribution is -2.32. The molecule has 0 saturated carbocycles. The Labute approximate surface area is 124 Å². The second-order valence-corrected chi connectivity index (χ2v) is 5.25. The molecule has 2 rings (SSSR count). The van der Waals surface area contributed by atoms with E-state index in [9.17, 15) is 9.59 Å². The Balaban J connectivity index is 1.85. The first kappa shape index (κ1) is 15.3. The molecule has 6 heteroatoms. The van der Waals surface area contributed by atoms with Crippen molar-refractivity contribution in [2.75, 3.05) is 25.0 Å². The Kier molecular flexibility index (Phi) is 5.57. The fraction of sp³-hybridized carbons (Fsp3) is 0.467. The molecule has 1 unspecified atom stereocenters. The average Bonchev–Trinajstić information content (AvgIpc) is 2.46. The summed E-state index contributed by atoms with van der Waals surface area (Å²) in [6.45, 7) is 1.76. The monoisotopic (exact) mass is 291 g/mol. The van der Waals surface area contributed by atoms with E-state index >= 15 is 0 Å². The largest absolute Gasteiger partial charge is 0.484 e. The van der Waals surface area contributed by atoms with Crippen molar-refractivity contribution in [2.24, 2.45) is 11.7 Å². The van der Waals surface area contributed by atoms with Crippen LogP contribution in [0.2, 0.25) is 0 Å². The molecule has 21 heavy (non-hydrogen) atoms. The molecule has 0 radical (unpaired) electrons. The molecule has 1 aliphatic heterocycles. The molecule has 6 nitrogen and oxygen atoms in total. The summed E-state index contributed by atoms with van der Waals surface area (Å²) < 4.78 is 5.20. The predicted molar refractivity (Wildman–Crippen MR) is 80.0 cm³/mol. The summed E-state index contributed by atoms with van der Waals surface area (Å²) >= 11 is 0. The quantitative estimate of drug-likeness (QED) is 0.725. The molecule has 4 N–H and O–H groups in total. The van der Waals surface area contributed by atoms with Crippen molar-refractivity contribution >= 4 is 17.5 Å². The molecule has 0 bridgehead atoms. The third kappa shape index (κ3) is 5.43. The second-order valence-electron chi connectivity index (χ2n) is 5.25. The molecule has 2 amide bonds. The van der Waals surface area contributed by atoms with Crippen LogP contribution in [0.5, 0.6) is 5.75 Å². The number of rotatable bonds is 6. The average molecular weight is 291 g/mol. The number of ether oxygens (including phenoxy) is 1. The van der Waals surface area contributed by atoms with E-state index in [4.69, 9.17) is 10.5 Å². The summed E-state index contributed by atoms with van der Waals surface area (Å²) in [5.74, 6) is 0.365. The highest BCUT2D eigenvalue weighted by molar-refractivity contribution is 5.91. The maximum atomic E-state index is 12.0. The Hall–Kier alpha value is -2.08. The zero-order valence-electron chi connectivity index (χ0n) is 11.9. The van der Waals surface area contributed by atoms with E-state index in [1.165, 1.54) is 0 Å². The number of hydrogen-bond donors (Lipinski definition) is 3. The fourth-order valence-electron chi connectivity index (χ4n) is 2.39. The highest BCUT2D eigenvalue weighted by atomic mass is 16.5. The standard InChI is InChI=1S/C15H21N3O3/c16-14(19)10-21-13-5-1-4-12(8-13)18-15(20)7-11-3-2-6-17-9-11/h1,4-5,8,11,17H,2-3,6-7,9-10H2,(H2,16,19)(H,18,20). The fourth-order valence-corrected chi connectivity index (χ4v) is 2.39. The topological polar surface area (TPSA) is 93.5 Å². The number of piperidine rings is 1. The van der Waals surface area contributed by atoms with Crippen LogP contribution in [0.25, 0.3) is 0 Å². The van der Waals surface area contributed by atoms with Crippen molar-refractivity contribution < 1.29 is 14.3 Å². The number of nitrogens with two attached hydrogens (primary N) is 1. The molecule has 1 aromatic carbocycles. The lowest BCUT2D eigenvalue weighted by atomic mass is 9.96. The van der Waals surface area contributed by atoms with Gasteiger partial charge in [-0.25, -0.2) is 0 Å². The maximum Gasteiger partial charge on any atom is 0.255 e. The van der Waals surface area contributed by atoms with Crippen molar-refractivity contribution in [1.29, 1.82) is 0 Å². The van der Waals surface area contributed by atoms with Gasteiger partial charge in [-0.1, -0.05) is 6.07 Å². The Bertz CT molecular complexity index is 499. The van der Waals surface area contributed by atoms with Gasteiger partial charge in [0.15, 0.2) is 6.61 Å². The first-order valence-electron chi connectivity index (χ1n) is 7.15. The molecular weight excluding hydrogens is 270 g/mol. The van der Waals surface area contributed by atoms with Crippen LogP contribution in [0.4, 0.5) is 5.69 Å². The molecule has 1 saturated heterocycles. The Morgan fingerprint density at radius 2 is 2.29 bits per heavy atom. The number of primary amides is 1. The molecule has 1 fully saturated rings. The lowest BCUT2D eigenvalue weighted by molar-refractivity contribution is -0.120. The first-order chi connectivity index (χ1) is 10.1. The number of anilines is 1. The van der Waals surface area contributed by atoms with Crippen LogP contribution < -0.4 is 21.1 Å². The van der Waals surface area contributed by atoms with Crippen LogP contribution in [0, 0.1) is 5.92 Å². The van der Waals surface area contributed by atoms with Gasteiger partial charge < -0.3 is 21.1 Å². The van der Waals surface area contributed by atoms with Crippen LogP contribution in [0.15, 0.2) is 24.3 Å². The molecule has 0 spiro atoms. The second kappa shape index (κ2) is 7.64. The van der Waals surface area contributed by atoms with Gasteiger partial charge in [0.1, 0.15) is 5.75 Å². The summed E-state index contributed by atoms with van der Waals surface area (Å²) in [6, 6.07) is 6.94. The molecule has 1 aliphatic rings. The predicted octanol–water partition coefficient (Wildman–Crippen LogP) is 0.879. The molecule has 0 aliphatic carbocycles. The van der Waals surface area contributed by atoms with E-state index in [0.29, 0.717) is 23.8 Å². The summed E-state index contributed by atoms with van der Waals surface area (Å²) in [6.07, 6.45) is 2.72. The van der Waals surface area contributed by atoms with Crippen molar-refractivity contribution in [2.45, 2.75) is 19.3 Å². The van der Waals surface area contributed by atoms with Gasteiger partial charge in [0, 0.05) is 18.2 Å². The molecule has 1 atom stereocenters. The molecule has 0 aromatic heterocycles. The van der Waals surface area contributed by atoms with E-state index in [1.54, 1.807) is 24.3 Å². The summed E-state index contributed by atoms with van der Waals surface area (Å²) in [5.41, 5.74) is 5.68. The van der Waals surface area contributed by atoms with Crippen LogP contribution in [0.1, 0.15) is 19.3 Å². The van der Waals surface area contributed by atoms with Crippen LogP contribution in [-0.4, -0.2) is 31.5 Å². The van der Waals surface area contributed by atoms with Crippen molar-refractivity contribution in [3.8, 4) is 5.75 Å². The molecule has 1 heterocycles. The summed E-state index contributed by atoms with van der Waals surface area (Å²) in [4.78, 5) is 22.7. The number of carbonyl (C=O) groups is 2. The normalized spacial score (nSPS) is 18.0. The van der Waals surface area contributed by atoms with Crippen molar-refractivity contribution in [1.82, 2.24) is 5.32 Å². The van der Waals surface area contributed by atoms with Gasteiger partial charge in [0.05, 0.1) is 0 Å². The van der Waals surface area contributed by atoms with E-state index < -0.39 is 5.91 Å². The van der Waals surface area contributed by atoms with E-state index in [2.05, 4.69) is 10.6 Å². The smallest absolute Gasteiger partial charge is 0.255 e. The van der Waals surface area contributed by atoms with Gasteiger partial charge in [-0.3, -0.25) is 9.59 Å². The molecular formula is C15H21N3O3. The van der Waals surface area contributed by atoms with Crippen LogP contribution in [0.3, 0.4) is 0 Å². The van der Waals surface area contributed by atoms with Crippen molar-refractivity contribution in [3.63, 3.8) is 0 Å². The van der Waals surface area contributed by atoms with E-state index in [-0.39, 0.29) is 12.5 Å². The first-order valence-corrected chi connectivity index (χ1v) is 7.15. The zero-order chi connectivity index (χ0) is 15.1. The Morgan fingerprint density at radius 1 is 1.43 bits per heavy atom. The van der Waals surface area contributed by atoms with Gasteiger partial charge in [-0.15, -0.1) is 0 Å². The van der Waals surface area contributed by atoms with Gasteiger partial charge >= 0.3 is 0 Å². The Morgan fingerprint density at radius 3 is 3.00 bits per heavy atom. The van der Waals surface area contributed by atoms with Crippen LogP contribution >= 0.6 is 0 Å².